The lowest BCUT2D eigenvalue weighted by atomic mass is 9.74. The van der Waals surface area contributed by atoms with Gasteiger partial charge >= 0.3 is 0 Å². The van der Waals surface area contributed by atoms with Gasteiger partial charge in [0.15, 0.2) is 17.3 Å². The van der Waals surface area contributed by atoms with E-state index in [9.17, 15) is 14.4 Å². The van der Waals surface area contributed by atoms with Crippen molar-refractivity contribution in [3.05, 3.63) is 69.7 Å². The Morgan fingerprint density at radius 3 is 1.44 bits per heavy atom. The van der Waals surface area contributed by atoms with Crippen LogP contribution in [-0.4, -0.2) is 17.3 Å². The molecular formula is C20H16Cl2O3. The summed E-state index contributed by atoms with van der Waals surface area (Å²) in [5.41, 5.74) is 0.893. The van der Waals surface area contributed by atoms with E-state index in [0.29, 0.717) is 40.4 Å². The van der Waals surface area contributed by atoms with Crippen molar-refractivity contribution < 1.29 is 14.4 Å². The van der Waals surface area contributed by atoms with Gasteiger partial charge in [0.1, 0.15) is 0 Å². The molecule has 0 bridgehead atoms. The van der Waals surface area contributed by atoms with E-state index in [1.54, 1.807) is 48.5 Å². The van der Waals surface area contributed by atoms with E-state index in [1.165, 1.54) is 0 Å². The standard InChI is InChI=1S/C20H16Cl2O3/c21-14-8-4-12(5-9-14)18(23)16-2-1-3-17(20(16)25)19(24)13-6-10-15(22)11-7-13/h4-11,16-17H,1-3H2. The molecule has 3 nitrogen and oxygen atoms in total. The zero-order valence-corrected chi connectivity index (χ0v) is 14.9. The van der Waals surface area contributed by atoms with Gasteiger partial charge < -0.3 is 0 Å². The van der Waals surface area contributed by atoms with E-state index in [2.05, 4.69) is 0 Å². The summed E-state index contributed by atoms with van der Waals surface area (Å²) in [6, 6.07) is 12.9. The van der Waals surface area contributed by atoms with Crippen LogP contribution in [0.3, 0.4) is 0 Å². The molecule has 0 spiro atoms. The van der Waals surface area contributed by atoms with Gasteiger partial charge in [-0.15, -0.1) is 0 Å². The lowest BCUT2D eigenvalue weighted by Crippen LogP contribution is -2.37. The third-order valence-corrected chi connectivity index (χ3v) is 5.07. The Hall–Kier alpha value is -1.97. The van der Waals surface area contributed by atoms with Crippen molar-refractivity contribution in [2.75, 3.05) is 0 Å². The Morgan fingerprint density at radius 1 is 0.720 bits per heavy atom. The second-order valence-corrected chi connectivity index (χ2v) is 7.05. The van der Waals surface area contributed by atoms with E-state index in [0.717, 1.165) is 0 Å². The molecule has 128 valence electrons. The zero-order valence-electron chi connectivity index (χ0n) is 13.4. The van der Waals surface area contributed by atoms with Gasteiger partial charge in [-0.25, -0.2) is 0 Å². The van der Waals surface area contributed by atoms with Crippen molar-refractivity contribution in [3.63, 3.8) is 0 Å². The predicted molar refractivity (Wildman–Crippen MR) is 97.4 cm³/mol. The minimum Gasteiger partial charge on any atom is -0.298 e. The van der Waals surface area contributed by atoms with Gasteiger partial charge in [0.05, 0.1) is 11.8 Å². The zero-order chi connectivity index (χ0) is 18.0. The number of halogens is 2. The molecule has 0 saturated heterocycles. The molecule has 5 heteroatoms. The largest absolute Gasteiger partial charge is 0.298 e. The smallest absolute Gasteiger partial charge is 0.173 e. The van der Waals surface area contributed by atoms with Crippen LogP contribution in [0.2, 0.25) is 10.0 Å². The second kappa shape index (κ2) is 7.51. The Kier molecular flexibility index (Phi) is 5.36. The molecular weight excluding hydrogens is 359 g/mol. The first-order valence-electron chi connectivity index (χ1n) is 8.10. The molecule has 25 heavy (non-hydrogen) atoms. The lowest BCUT2D eigenvalue weighted by molar-refractivity contribution is -0.125. The first-order chi connectivity index (χ1) is 12.0. The minimum atomic E-state index is -0.767. The Labute approximate surface area is 155 Å². The van der Waals surface area contributed by atoms with Crippen molar-refractivity contribution >= 4 is 40.6 Å². The van der Waals surface area contributed by atoms with Crippen LogP contribution in [0.15, 0.2) is 48.5 Å². The third-order valence-electron chi connectivity index (χ3n) is 4.56. The molecule has 2 unspecified atom stereocenters. The van der Waals surface area contributed by atoms with Crippen LogP contribution in [-0.2, 0) is 4.79 Å². The number of Topliss-reactive ketones (excluding diaryl/α,β-unsaturated/α-hetero) is 3. The molecule has 2 aromatic rings. The summed E-state index contributed by atoms with van der Waals surface area (Å²) >= 11 is 11.7. The summed E-state index contributed by atoms with van der Waals surface area (Å²) in [4.78, 5) is 38.2. The maximum absolute atomic E-state index is 12.8. The summed E-state index contributed by atoms with van der Waals surface area (Å²) in [7, 11) is 0. The van der Waals surface area contributed by atoms with Gasteiger partial charge in [-0.3, -0.25) is 14.4 Å². The van der Waals surface area contributed by atoms with Gasteiger partial charge in [0.25, 0.3) is 0 Å². The van der Waals surface area contributed by atoms with Crippen molar-refractivity contribution in [2.45, 2.75) is 19.3 Å². The van der Waals surface area contributed by atoms with Crippen molar-refractivity contribution in [3.8, 4) is 0 Å². The average molecular weight is 375 g/mol. The highest BCUT2D eigenvalue weighted by Gasteiger charge is 2.39. The van der Waals surface area contributed by atoms with Crippen LogP contribution in [0.25, 0.3) is 0 Å². The molecule has 2 aromatic carbocycles. The summed E-state index contributed by atoms with van der Waals surface area (Å²) in [6.07, 6.45) is 1.62. The number of hydrogen-bond acceptors (Lipinski definition) is 3. The lowest BCUT2D eigenvalue weighted by Gasteiger charge is -2.26. The first kappa shape index (κ1) is 17.8. The Balaban J connectivity index is 1.80. The molecule has 1 aliphatic rings. The van der Waals surface area contributed by atoms with E-state index in [-0.39, 0.29) is 17.3 Å². The van der Waals surface area contributed by atoms with Crippen LogP contribution >= 0.6 is 23.2 Å². The average Bonchev–Trinajstić information content (AvgIpc) is 2.62. The molecule has 0 radical (unpaired) electrons. The topological polar surface area (TPSA) is 51.2 Å². The van der Waals surface area contributed by atoms with Gasteiger partial charge in [0, 0.05) is 21.2 Å². The minimum absolute atomic E-state index is 0.240. The number of hydrogen-bond donors (Lipinski definition) is 0. The van der Waals surface area contributed by atoms with Crippen LogP contribution < -0.4 is 0 Å². The summed E-state index contributed by atoms with van der Waals surface area (Å²) in [6.45, 7) is 0. The first-order valence-corrected chi connectivity index (χ1v) is 8.86. The fourth-order valence-corrected chi connectivity index (χ4v) is 3.46. The molecule has 0 amide bonds. The summed E-state index contributed by atoms with van der Waals surface area (Å²) < 4.78 is 0. The molecule has 1 fully saturated rings. The number of carbonyl (C=O) groups excluding carboxylic acids is 3. The van der Waals surface area contributed by atoms with Gasteiger partial charge in [0.2, 0.25) is 0 Å². The number of carbonyl (C=O) groups is 3. The van der Waals surface area contributed by atoms with E-state index >= 15 is 0 Å². The number of ketones is 3. The van der Waals surface area contributed by atoms with Crippen molar-refractivity contribution in [2.24, 2.45) is 11.8 Å². The van der Waals surface area contributed by atoms with E-state index < -0.39 is 11.8 Å². The molecule has 0 N–H and O–H groups in total. The van der Waals surface area contributed by atoms with Crippen molar-refractivity contribution in [1.82, 2.24) is 0 Å². The summed E-state index contributed by atoms with van der Waals surface area (Å²) in [5.74, 6) is -2.30. The van der Waals surface area contributed by atoms with Gasteiger partial charge in [-0.1, -0.05) is 29.6 Å². The molecule has 2 atom stereocenters. The van der Waals surface area contributed by atoms with Crippen LogP contribution in [0.5, 0.6) is 0 Å². The van der Waals surface area contributed by atoms with Crippen LogP contribution in [0.1, 0.15) is 40.0 Å². The van der Waals surface area contributed by atoms with Crippen LogP contribution in [0.4, 0.5) is 0 Å². The van der Waals surface area contributed by atoms with Gasteiger partial charge in [-0.05, 0) is 61.4 Å². The molecule has 1 aliphatic carbocycles. The predicted octanol–water partition coefficient (Wildman–Crippen LogP) is 5.04. The molecule has 0 heterocycles. The Morgan fingerprint density at radius 2 is 1.08 bits per heavy atom. The third kappa shape index (κ3) is 3.83. The fraction of sp³-hybridized carbons (Fsp3) is 0.250. The highest BCUT2D eigenvalue weighted by molar-refractivity contribution is 6.31. The highest BCUT2D eigenvalue weighted by atomic mass is 35.5. The normalized spacial score (nSPS) is 20.3. The van der Waals surface area contributed by atoms with E-state index in [1.807, 2.05) is 0 Å². The maximum Gasteiger partial charge on any atom is 0.173 e. The SMILES string of the molecule is O=C(c1ccc(Cl)cc1)C1CCCC(C(=O)c2ccc(Cl)cc2)C1=O. The Bertz CT molecular complexity index is 742. The molecule has 0 aromatic heterocycles. The molecule has 0 aliphatic heterocycles. The second-order valence-electron chi connectivity index (χ2n) is 6.18. The van der Waals surface area contributed by atoms with Crippen molar-refractivity contribution in [1.29, 1.82) is 0 Å². The quantitative estimate of drug-likeness (QED) is 0.555. The fourth-order valence-electron chi connectivity index (χ4n) is 3.20. The number of benzene rings is 2. The monoisotopic (exact) mass is 374 g/mol. The molecule has 1 saturated carbocycles. The highest BCUT2D eigenvalue weighted by Crippen LogP contribution is 2.31. The molecule has 3 rings (SSSR count). The van der Waals surface area contributed by atoms with E-state index in [4.69, 9.17) is 23.2 Å². The maximum atomic E-state index is 12.8. The number of rotatable bonds is 4. The summed E-state index contributed by atoms with van der Waals surface area (Å²) in [5, 5.41) is 1.06. The van der Waals surface area contributed by atoms with Crippen LogP contribution in [0, 0.1) is 11.8 Å². The van der Waals surface area contributed by atoms with Gasteiger partial charge in [-0.2, -0.15) is 0 Å².